The average Bonchev–Trinajstić information content (AvgIpc) is 3.32. The largest absolute Gasteiger partial charge is 0.481 e. The minimum atomic E-state index is -0.790. The van der Waals surface area contributed by atoms with Gasteiger partial charge in [0.1, 0.15) is 0 Å². The van der Waals surface area contributed by atoms with Crippen LogP contribution in [0.3, 0.4) is 0 Å². The average molecular weight is 421 g/mol. The van der Waals surface area contributed by atoms with Crippen LogP contribution >= 0.6 is 0 Å². The molecule has 0 saturated carbocycles. The van der Waals surface area contributed by atoms with Crippen molar-refractivity contribution in [2.45, 2.75) is 89.8 Å². The highest BCUT2D eigenvalue weighted by Gasteiger charge is 2.48. The summed E-state index contributed by atoms with van der Waals surface area (Å²) in [4.78, 5) is 34.5. The number of ether oxygens (including phenoxy) is 1. The lowest BCUT2D eigenvalue weighted by Crippen LogP contribution is -2.42. The Balaban J connectivity index is 1.67. The van der Waals surface area contributed by atoms with Crippen molar-refractivity contribution in [3.05, 3.63) is 0 Å². The van der Waals surface area contributed by atoms with Gasteiger partial charge in [-0.05, 0) is 25.7 Å². The van der Waals surface area contributed by atoms with Gasteiger partial charge in [-0.3, -0.25) is 14.4 Å². The van der Waals surface area contributed by atoms with Gasteiger partial charge in [-0.1, -0.05) is 26.2 Å². The van der Waals surface area contributed by atoms with E-state index in [4.69, 9.17) is 9.84 Å². The second kappa shape index (κ2) is 13.3. The molecule has 2 aliphatic rings. The predicted molar refractivity (Wildman–Crippen MR) is 114 cm³/mol. The van der Waals surface area contributed by atoms with E-state index in [0.29, 0.717) is 38.1 Å². The highest BCUT2D eigenvalue weighted by molar-refractivity contribution is 5.84. The lowest BCUT2D eigenvalue weighted by atomic mass is 9.77. The number of hydrogen-bond donors (Lipinski definition) is 3. The number of carboxylic acid groups (broad SMARTS) is 1. The molecule has 2 amide bonds. The Morgan fingerprint density at radius 3 is 2.43 bits per heavy atom. The number of nitrogens with one attached hydrogen (secondary N) is 2. The van der Waals surface area contributed by atoms with Gasteiger partial charge in [-0.15, -0.1) is 11.8 Å². The Labute approximate surface area is 179 Å². The Bertz CT molecular complexity index is 639. The Morgan fingerprint density at radius 2 is 1.70 bits per heavy atom. The van der Waals surface area contributed by atoms with E-state index < -0.39 is 5.97 Å². The van der Waals surface area contributed by atoms with Crippen molar-refractivity contribution in [2.24, 2.45) is 11.8 Å². The molecule has 3 N–H and O–H groups in total. The summed E-state index contributed by atoms with van der Waals surface area (Å²) in [5.41, 5.74) is 0. The summed E-state index contributed by atoms with van der Waals surface area (Å²) in [6.07, 6.45) is 9.09. The minimum Gasteiger partial charge on any atom is -0.481 e. The third kappa shape index (κ3) is 8.35. The first kappa shape index (κ1) is 24.2. The maximum Gasteiger partial charge on any atom is 0.303 e. The van der Waals surface area contributed by atoms with E-state index in [9.17, 15) is 14.4 Å². The molecular formula is C23H36N2O5. The monoisotopic (exact) mass is 420 g/mol. The van der Waals surface area contributed by atoms with Crippen LogP contribution in [0.5, 0.6) is 0 Å². The molecule has 30 heavy (non-hydrogen) atoms. The van der Waals surface area contributed by atoms with Crippen LogP contribution in [0.15, 0.2) is 0 Å². The third-order valence-electron chi connectivity index (χ3n) is 5.98. The molecule has 0 aromatic heterocycles. The second-order valence-electron chi connectivity index (χ2n) is 8.31. The number of aliphatic carboxylic acids is 1. The van der Waals surface area contributed by atoms with Crippen LogP contribution in [0.1, 0.15) is 77.6 Å². The fraction of sp³-hybridized carbons (Fsp3) is 0.783. The van der Waals surface area contributed by atoms with Crippen LogP contribution in [-0.4, -0.2) is 48.2 Å². The summed E-state index contributed by atoms with van der Waals surface area (Å²) in [5, 5.41) is 14.3. The molecule has 168 valence electrons. The lowest BCUT2D eigenvalue weighted by molar-refractivity contribution is -0.137. The normalized spacial score (nSPS) is 24.2. The number of carbonyl (C=O) groups excluding carboxylic acids is 2. The number of amides is 2. The zero-order valence-electron chi connectivity index (χ0n) is 18.1. The Kier molecular flexibility index (Phi) is 10.7. The van der Waals surface area contributed by atoms with E-state index in [2.05, 4.69) is 29.4 Å². The number of hydrogen-bond acceptors (Lipinski definition) is 4. The quantitative estimate of drug-likeness (QED) is 0.314. The van der Waals surface area contributed by atoms with Gasteiger partial charge in [0, 0.05) is 44.1 Å². The van der Waals surface area contributed by atoms with Crippen molar-refractivity contribution in [2.75, 3.05) is 13.1 Å². The van der Waals surface area contributed by atoms with Crippen molar-refractivity contribution in [3.8, 4) is 11.8 Å². The molecule has 0 aromatic rings. The first-order valence-electron chi connectivity index (χ1n) is 11.4. The van der Waals surface area contributed by atoms with E-state index in [1.807, 2.05) is 0 Å². The number of rotatable bonds is 13. The number of fused-ring (bicyclic) bond motifs is 2. The van der Waals surface area contributed by atoms with E-state index in [1.54, 1.807) is 0 Å². The van der Waals surface area contributed by atoms with Crippen molar-refractivity contribution in [1.82, 2.24) is 10.6 Å². The maximum atomic E-state index is 12.1. The van der Waals surface area contributed by atoms with Crippen LogP contribution in [0.4, 0.5) is 0 Å². The van der Waals surface area contributed by atoms with Gasteiger partial charge >= 0.3 is 5.97 Å². The standard InChI is InChI=1S/C23H36N2O5/c1-2-3-4-8-11-21(26)25-16-22(27)24-15-18-17(19-13-14-20(18)30-19)10-7-5-6-9-12-23(28)29/h17-20H,2-4,6,8-16H2,1H3,(H,24,27)(H,25,26)(H,28,29). The SMILES string of the molecule is CCCCCCC(=O)NCC(=O)NCC1C2CCC(O2)C1CC#CCCCC(=O)O. The molecule has 0 spiro atoms. The van der Waals surface area contributed by atoms with Crippen LogP contribution in [0, 0.1) is 23.7 Å². The summed E-state index contributed by atoms with van der Waals surface area (Å²) in [7, 11) is 0. The van der Waals surface area contributed by atoms with Crippen LogP contribution < -0.4 is 10.6 Å². The highest BCUT2D eigenvalue weighted by Crippen LogP contribution is 2.44. The zero-order chi connectivity index (χ0) is 21.8. The highest BCUT2D eigenvalue weighted by atomic mass is 16.5. The molecule has 0 aliphatic carbocycles. The van der Waals surface area contributed by atoms with Gasteiger partial charge in [0.25, 0.3) is 0 Å². The van der Waals surface area contributed by atoms with Gasteiger partial charge in [0.15, 0.2) is 0 Å². The van der Waals surface area contributed by atoms with Crippen molar-refractivity contribution >= 4 is 17.8 Å². The maximum absolute atomic E-state index is 12.1. The Hall–Kier alpha value is -2.07. The molecule has 0 radical (unpaired) electrons. The molecule has 2 rings (SSSR count). The van der Waals surface area contributed by atoms with Crippen molar-refractivity contribution < 1.29 is 24.2 Å². The second-order valence-corrected chi connectivity index (χ2v) is 8.31. The molecule has 4 unspecified atom stereocenters. The molecule has 2 aliphatic heterocycles. The van der Waals surface area contributed by atoms with E-state index in [1.165, 1.54) is 0 Å². The number of carboxylic acids is 1. The molecule has 2 saturated heterocycles. The fourth-order valence-corrected chi connectivity index (χ4v) is 4.32. The van der Waals surface area contributed by atoms with Crippen LogP contribution in [0.2, 0.25) is 0 Å². The third-order valence-corrected chi connectivity index (χ3v) is 5.98. The number of unbranched alkanes of at least 4 members (excludes halogenated alkanes) is 4. The summed E-state index contributed by atoms with van der Waals surface area (Å²) in [6, 6.07) is 0. The summed E-state index contributed by atoms with van der Waals surface area (Å²) >= 11 is 0. The molecule has 2 heterocycles. The molecule has 2 fully saturated rings. The van der Waals surface area contributed by atoms with E-state index >= 15 is 0 Å². The first-order valence-corrected chi connectivity index (χ1v) is 11.4. The zero-order valence-corrected chi connectivity index (χ0v) is 18.1. The summed E-state index contributed by atoms with van der Waals surface area (Å²) in [5.74, 6) is 5.76. The summed E-state index contributed by atoms with van der Waals surface area (Å²) in [6.45, 7) is 2.69. The molecule has 7 nitrogen and oxygen atoms in total. The van der Waals surface area contributed by atoms with Crippen molar-refractivity contribution in [3.63, 3.8) is 0 Å². The van der Waals surface area contributed by atoms with Gasteiger partial charge in [0.2, 0.25) is 11.8 Å². The lowest BCUT2D eigenvalue weighted by Gasteiger charge is -2.26. The van der Waals surface area contributed by atoms with Gasteiger partial charge in [-0.2, -0.15) is 0 Å². The fourth-order valence-electron chi connectivity index (χ4n) is 4.32. The smallest absolute Gasteiger partial charge is 0.303 e. The van der Waals surface area contributed by atoms with Gasteiger partial charge in [0.05, 0.1) is 18.8 Å². The predicted octanol–water partition coefficient (Wildman–Crippen LogP) is 2.63. The van der Waals surface area contributed by atoms with Crippen LogP contribution in [0.25, 0.3) is 0 Å². The first-order chi connectivity index (χ1) is 14.5. The van der Waals surface area contributed by atoms with Crippen LogP contribution in [-0.2, 0) is 19.1 Å². The molecule has 0 aromatic carbocycles. The number of carbonyl (C=O) groups is 3. The Morgan fingerprint density at radius 1 is 0.933 bits per heavy atom. The minimum absolute atomic E-state index is 0.0162. The topological polar surface area (TPSA) is 105 Å². The van der Waals surface area contributed by atoms with Gasteiger partial charge < -0.3 is 20.5 Å². The molecule has 2 bridgehead atoms. The van der Waals surface area contributed by atoms with Gasteiger partial charge in [-0.25, -0.2) is 0 Å². The molecular weight excluding hydrogens is 384 g/mol. The molecule has 7 heteroatoms. The van der Waals surface area contributed by atoms with E-state index in [0.717, 1.165) is 38.5 Å². The van der Waals surface area contributed by atoms with Crippen molar-refractivity contribution in [1.29, 1.82) is 0 Å². The molecule has 4 atom stereocenters. The van der Waals surface area contributed by atoms with E-state index in [-0.39, 0.29) is 42.9 Å². The summed E-state index contributed by atoms with van der Waals surface area (Å²) < 4.78 is 6.04.